The summed E-state index contributed by atoms with van der Waals surface area (Å²) in [7, 11) is 0. The van der Waals surface area contributed by atoms with Gasteiger partial charge in [0.2, 0.25) is 0 Å². The van der Waals surface area contributed by atoms with Crippen LogP contribution >= 0.6 is 11.6 Å². The van der Waals surface area contributed by atoms with Gasteiger partial charge in [0.05, 0.1) is 22.8 Å². The summed E-state index contributed by atoms with van der Waals surface area (Å²) < 4.78 is 33.6. The number of carbonyl (C=O) groups is 1. The smallest absolute Gasteiger partial charge is 0.284 e. The van der Waals surface area contributed by atoms with Gasteiger partial charge in [-0.15, -0.1) is 0 Å². The molecule has 3 aromatic rings. The van der Waals surface area contributed by atoms with Crippen LogP contribution < -0.4 is 15.4 Å². The largest absolute Gasteiger partial charge is 0.492 e. The van der Waals surface area contributed by atoms with Crippen LogP contribution in [0.3, 0.4) is 0 Å². The fourth-order valence-corrected chi connectivity index (χ4v) is 3.41. The van der Waals surface area contributed by atoms with Crippen LogP contribution in [0.2, 0.25) is 5.02 Å². The topological polar surface area (TPSA) is 79.4 Å². The van der Waals surface area contributed by atoms with E-state index in [0.717, 1.165) is 13.1 Å². The van der Waals surface area contributed by atoms with Crippen LogP contribution in [0, 0.1) is 5.82 Å². The van der Waals surface area contributed by atoms with Gasteiger partial charge in [-0.05, 0) is 50.4 Å². The predicted molar refractivity (Wildman–Crippen MR) is 131 cm³/mol. The van der Waals surface area contributed by atoms with Gasteiger partial charge in [0.15, 0.2) is 5.83 Å². The standard InChI is InChI=1S/C24H26ClF2N5O2/c1-4-32(5-2)10-9-19(27)24(33)31-21-12-16-20(13-22(21)34-6-3)28-14-29-23(16)30-15-7-8-18(26)17(25)11-15/h7-9,11-14H,4-6,10H2,1-3H3,(H,31,33)(H,28,29,30)/b19-9-. The minimum absolute atomic E-state index is 0.0399. The van der Waals surface area contributed by atoms with Crippen molar-refractivity contribution in [3.63, 3.8) is 0 Å². The Morgan fingerprint density at radius 2 is 1.94 bits per heavy atom. The summed E-state index contributed by atoms with van der Waals surface area (Å²) >= 11 is 5.87. The fourth-order valence-electron chi connectivity index (χ4n) is 3.23. The summed E-state index contributed by atoms with van der Waals surface area (Å²) in [5.74, 6) is -1.58. The molecule has 0 aliphatic heterocycles. The SMILES string of the molecule is CCOc1cc2ncnc(Nc3ccc(F)c(Cl)c3)c2cc1NC(=O)/C(F)=C/CN(CC)CC. The van der Waals surface area contributed by atoms with E-state index >= 15 is 0 Å². The summed E-state index contributed by atoms with van der Waals surface area (Å²) in [6, 6.07) is 7.42. The summed E-state index contributed by atoms with van der Waals surface area (Å²) in [5, 5.41) is 6.14. The van der Waals surface area contributed by atoms with E-state index in [-0.39, 0.29) is 10.7 Å². The minimum Gasteiger partial charge on any atom is -0.492 e. The molecule has 1 amide bonds. The second-order valence-corrected chi connectivity index (χ2v) is 7.67. The van der Waals surface area contributed by atoms with Crippen molar-refractivity contribution >= 4 is 45.6 Å². The maximum atomic E-state index is 14.5. The Balaban J connectivity index is 1.94. The van der Waals surface area contributed by atoms with Crippen molar-refractivity contribution in [3.8, 4) is 5.75 Å². The highest BCUT2D eigenvalue weighted by Crippen LogP contribution is 2.34. The molecule has 10 heteroatoms. The van der Waals surface area contributed by atoms with E-state index in [0.29, 0.717) is 41.3 Å². The zero-order valence-corrected chi connectivity index (χ0v) is 19.9. The van der Waals surface area contributed by atoms with Gasteiger partial charge < -0.3 is 20.3 Å². The molecule has 0 fully saturated rings. The number of fused-ring (bicyclic) bond motifs is 1. The number of amides is 1. The predicted octanol–water partition coefficient (Wildman–Crippen LogP) is 5.70. The molecule has 1 heterocycles. The third kappa shape index (κ3) is 6.18. The van der Waals surface area contributed by atoms with Gasteiger partial charge in [-0.1, -0.05) is 25.4 Å². The van der Waals surface area contributed by atoms with Crippen LogP contribution in [0.15, 0.2) is 48.6 Å². The molecule has 34 heavy (non-hydrogen) atoms. The van der Waals surface area contributed by atoms with Gasteiger partial charge in [0, 0.05) is 23.7 Å². The third-order valence-electron chi connectivity index (χ3n) is 5.11. The van der Waals surface area contributed by atoms with Crippen molar-refractivity contribution in [2.45, 2.75) is 20.8 Å². The molecule has 0 saturated heterocycles. The summed E-state index contributed by atoms with van der Waals surface area (Å²) in [5.41, 5.74) is 1.31. The first-order valence-electron chi connectivity index (χ1n) is 10.9. The lowest BCUT2D eigenvalue weighted by atomic mass is 10.1. The Morgan fingerprint density at radius 3 is 2.62 bits per heavy atom. The number of nitrogens with zero attached hydrogens (tertiary/aromatic N) is 3. The van der Waals surface area contributed by atoms with Crippen molar-refractivity contribution in [2.75, 3.05) is 36.9 Å². The van der Waals surface area contributed by atoms with Crippen LogP contribution in [-0.2, 0) is 4.79 Å². The first-order valence-corrected chi connectivity index (χ1v) is 11.3. The molecule has 7 nitrogen and oxygen atoms in total. The van der Waals surface area contributed by atoms with Crippen LogP contribution in [0.1, 0.15) is 20.8 Å². The highest BCUT2D eigenvalue weighted by Gasteiger charge is 2.16. The van der Waals surface area contributed by atoms with E-state index in [2.05, 4.69) is 20.6 Å². The number of hydrogen-bond acceptors (Lipinski definition) is 6. The first kappa shape index (κ1) is 25.3. The number of nitrogens with one attached hydrogen (secondary N) is 2. The van der Waals surface area contributed by atoms with E-state index in [4.69, 9.17) is 16.3 Å². The maximum absolute atomic E-state index is 14.5. The zero-order chi connectivity index (χ0) is 24.7. The zero-order valence-electron chi connectivity index (χ0n) is 19.2. The lowest BCUT2D eigenvalue weighted by Crippen LogP contribution is -2.23. The van der Waals surface area contributed by atoms with Crippen molar-refractivity contribution < 1.29 is 18.3 Å². The van der Waals surface area contributed by atoms with Crippen molar-refractivity contribution in [1.82, 2.24) is 14.9 Å². The van der Waals surface area contributed by atoms with Crippen LogP contribution in [0.25, 0.3) is 10.9 Å². The Labute approximate surface area is 201 Å². The molecular formula is C24H26ClF2N5O2. The van der Waals surface area contributed by atoms with Gasteiger partial charge in [0.1, 0.15) is 23.7 Å². The van der Waals surface area contributed by atoms with Crippen LogP contribution in [-0.4, -0.2) is 47.0 Å². The summed E-state index contributed by atoms with van der Waals surface area (Å²) in [4.78, 5) is 23.0. The number of carbonyl (C=O) groups excluding carboxylic acids is 1. The third-order valence-corrected chi connectivity index (χ3v) is 5.40. The number of aromatic nitrogens is 2. The number of likely N-dealkylation sites (N-methyl/N-ethyl adjacent to an activating group) is 1. The molecule has 0 unspecified atom stereocenters. The molecule has 0 radical (unpaired) electrons. The van der Waals surface area contributed by atoms with Gasteiger partial charge in [-0.2, -0.15) is 0 Å². The number of hydrogen-bond donors (Lipinski definition) is 2. The Kier molecular flexibility index (Phi) is 8.72. The second-order valence-electron chi connectivity index (χ2n) is 7.27. The average Bonchev–Trinajstić information content (AvgIpc) is 2.82. The number of anilines is 3. The Morgan fingerprint density at radius 1 is 1.18 bits per heavy atom. The van der Waals surface area contributed by atoms with E-state index < -0.39 is 17.6 Å². The Bertz CT molecular complexity index is 1200. The van der Waals surface area contributed by atoms with Crippen molar-refractivity contribution in [1.29, 1.82) is 0 Å². The number of halogens is 3. The molecule has 0 saturated carbocycles. The van der Waals surface area contributed by atoms with Gasteiger partial charge in [-0.3, -0.25) is 4.79 Å². The maximum Gasteiger partial charge on any atom is 0.284 e. The normalized spacial score (nSPS) is 11.7. The lowest BCUT2D eigenvalue weighted by Gasteiger charge is -2.16. The number of benzene rings is 2. The summed E-state index contributed by atoms with van der Waals surface area (Å²) in [6.45, 7) is 7.87. The van der Waals surface area contributed by atoms with Gasteiger partial charge in [-0.25, -0.2) is 18.7 Å². The lowest BCUT2D eigenvalue weighted by molar-refractivity contribution is -0.114. The number of rotatable bonds is 10. The Hall–Kier alpha value is -3.30. The monoisotopic (exact) mass is 489 g/mol. The molecule has 2 aromatic carbocycles. The molecule has 1 aromatic heterocycles. The van der Waals surface area contributed by atoms with E-state index in [1.165, 1.54) is 30.6 Å². The molecule has 3 rings (SSSR count). The van der Waals surface area contributed by atoms with Gasteiger partial charge >= 0.3 is 0 Å². The van der Waals surface area contributed by atoms with Crippen molar-refractivity contribution in [3.05, 3.63) is 59.4 Å². The first-order chi connectivity index (χ1) is 16.4. The number of ether oxygens (including phenoxy) is 1. The average molecular weight is 490 g/mol. The molecule has 2 N–H and O–H groups in total. The molecule has 0 spiro atoms. The highest BCUT2D eigenvalue weighted by molar-refractivity contribution is 6.31. The van der Waals surface area contributed by atoms with E-state index in [1.807, 2.05) is 18.7 Å². The van der Waals surface area contributed by atoms with E-state index in [9.17, 15) is 13.6 Å². The molecule has 0 aliphatic rings. The molecular weight excluding hydrogens is 464 g/mol. The van der Waals surface area contributed by atoms with Crippen molar-refractivity contribution in [2.24, 2.45) is 0 Å². The van der Waals surface area contributed by atoms with Crippen LogP contribution in [0.5, 0.6) is 5.75 Å². The summed E-state index contributed by atoms with van der Waals surface area (Å²) in [6.07, 6.45) is 2.61. The second kappa shape index (κ2) is 11.7. The molecule has 0 bridgehead atoms. The minimum atomic E-state index is -0.891. The van der Waals surface area contributed by atoms with Crippen LogP contribution in [0.4, 0.5) is 26.0 Å². The fraction of sp³-hybridized carbons (Fsp3) is 0.292. The molecule has 0 atom stereocenters. The molecule has 0 aliphatic carbocycles. The highest BCUT2D eigenvalue weighted by atomic mass is 35.5. The van der Waals surface area contributed by atoms with E-state index in [1.54, 1.807) is 19.1 Å². The molecule has 180 valence electrons. The quantitative estimate of drug-likeness (QED) is 0.356. The van der Waals surface area contributed by atoms with Gasteiger partial charge in [0.25, 0.3) is 5.91 Å².